The van der Waals surface area contributed by atoms with Crippen LogP contribution >= 0.6 is 0 Å². The predicted molar refractivity (Wildman–Crippen MR) is 237 cm³/mol. The average molecular weight is 747 g/mol. The number of para-hydroxylation sites is 3. The van der Waals surface area contributed by atoms with Crippen LogP contribution in [-0.4, -0.2) is 27.6 Å². The topological polar surface area (TPSA) is 56.7 Å². The Kier molecular flexibility index (Phi) is 6.72. The summed E-state index contributed by atoms with van der Waals surface area (Å²) in [6.07, 6.45) is 0. The molecule has 0 saturated carbocycles. The van der Waals surface area contributed by atoms with Crippen LogP contribution in [0, 0.1) is 0 Å². The Bertz CT molecular complexity index is 3450. The van der Waals surface area contributed by atoms with Crippen LogP contribution < -0.4 is 10.4 Å². The minimum Gasteiger partial charge on any atom is -0.455 e. The lowest BCUT2D eigenvalue weighted by atomic mass is 9.98. The van der Waals surface area contributed by atoms with Crippen molar-refractivity contribution in [2.75, 3.05) is 0 Å². The SMILES string of the molecule is C[Si]1(C)c2ccccc2-c2c1cc(-c1nc(-c3ccc4ccccc4c3)nc(-c3ccc4c5ccccc5n(-c5ccccc5)c4c3)n1)c1c2oc2ccccc21. The molecule has 8 aromatic carbocycles. The Balaban J connectivity index is 1.16. The number of nitrogens with zero attached hydrogens (tertiary/aromatic N) is 4. The van der Waals surface area contributed by atoms with Gasteiger partial charge in [0, 0.05) is 49.5 Å². The van der Waals surface area contributed by atoms with E-state index in [0.717, 1.165) is 60.7 Å². The van der Waals surface area contributed by atoms with E-state index in [1.54, 1.807) is 0 Å². The average Bonchev–Trinajstić information content (AvgIpc) is 3.89. The lowest BCUT2D eigenvalue weighted by Gasteiger charge is -2.19. The fraction of sp³-hybridized carbons (Fsp3) is 0.0392. The van der Waals surface area contributed by atoms with Crippen LogP contribution in [0.15, 0.2) is 174 Å². The number of rotatable bonds is 4. The number of fused-ring (bicyclic) bond motifs is 11. The van der Waals surface area contributed by atoms with E-state index in [4.69, 9.17) is 19.4 Å². The van der Waals surface area contributed by atoms with E-state index in [2.05, 4.69) is 181 Å². The first-order valence-corrected chi connectivity index (χ1v) is 22.4. The fourth-order valence-electron chi connectivity index (χ4n) is 9.28. The third-order valence-electron chi connectivity index (χ3n) is 12.0. The summed E-state index contributed by atoms with van der Waals surface area (Å²) in [7, 11) is -2.12. The predicted octanol–water partition coefficient (Wildman–Crippen LogP) is 11.8. The molecule has 0 bridgehead atoms. The molecule has 0 atom stereocenters. The maximum atomic E-state index is 6.87. The highest BCUT2D eigenvalue weighted by molar-refractivity contribution is 7.04. The van der Waals surface area contributed by atoms with Gasteiger partial charge in [0.1, 0.15) is 19.2 Å². The normalized spacial score (nSPS) is 13.2. The number of hydrogen-bond donors (Lipinski definition) is 0. The van der Waals surface area contributed by atoms with Crippen molar-refractivity contribution in [3.05, 3.63) is 170 Å². The first kappa shape index (κ1) is 32.1. The van der Waals surface area contributed by atoms with E-state index in [-0.39, 0.29) is 0 Å². The molecule has 0 N–H and O–H groups in total. The summed E-state index contributed by atoms with van der Waals surface area (Å²) in [6, 6.07) is 60.3. The molecule has 12 rings (SSSR count). The number of hydrogen-bond acceptors (Lipinski definition) is 4. The molecule has 0 unspecified atom stereocenters. The lowest BCUT2D eigenvalue weighted by molar-refractivity contribution is 0.670. The van der Waals surface area contributed by atoms with Crippen molar-refractivity contribution in [1.82, 2.24) is 19.5 Å². The van der Waals surface area contributed by atoms with Crippen LogP contribution in [0.25, 0.3) is 105 Å². The Labute approximate surface area is 329 Å². The molecule has 1 aliphatic heterocycles. The van der Waals surface area contributed by atoms with Gasteiger partial charge < -0.3 is 8.98 Å². The molecule has 0 spiro atoms. The summed E-state index contributed by atoms with van der Waals surface area (Å²) in [5.74, 6) is 1.88. The summed E-state index contributed by atoms with van der Waals surface area (Å²) in [5, 5.41) is 9.55. The molecule has 0 amide bonds. The lowest BCUT2D eigenvalue weighted by Crippen LogP contribution is -2.49. The second kappa shape index (κ2) is 11.9. The van der Waals surface area contributed by atoms with E-state index in [0.29, 0.717) is 17.5 Å². The van der Waals surface area contributed by atoms with Crippen LogP contribution in [-0.2, 0) is 0 Å². The summed E-state index contributed by atoms with van der Waals surface area (Å²) >= 11 is 0. The molecule has 0 aliphatic carbocycles. The van der Waals surface area contributed by atoms with Gasteiger partial charge in [-0.2, -0.15) is 0 Å². The van der Waals surface area contributed by atoms with Crippen molar-refractivity contribution in [3.63, 3.8) is 0 Å². The van der Waals surface area contributed by atoms with Gasteiger partial charge in [0.05, 0.1) is 11.0 Å². The Morgan fingerprint density at radius 3 is 1.98 bits per heavy atom. The molecule has 0 radical (unpaired) electrons. The van der Waals surface area contributed by atoms with Gasteiger partial charge in [0.2, 0.25) is 0 Å². The Hall–Kier alpha value is -7.15. The van der Waals surface area contributed by atoms with E-state index >= 15 is 0 Å². The second-order valence-electron chi connectivity index (χ2n) is 15.6. The highest BCUT2D eigenvalue weighted by atomic mass is 28.3. The van der Waals surface area contributed by atoms with Gasteiger partial charge in [-0.05, 0) is 69.2 Å². The van der Waals surface area contributed by atoms with Crippen molar-refractivity contribution in [2.24, 2.45) is 0 Å². The molecular weight excluding hydrogens is 713 g/mol. The smallest absolute Gasteiger partial charge is 0.164 e. The standard InChI is InChI=1S/C51H34N4OSi/c1-57(2)44-23-13-10-20-39(44)47-45(57)30-40(46-38-19-9-12-22-43(38)56-48(46)47)51-53-49(33-25-24-31-14-6-7-15-32(31)28-33)52-50(54-51)34-26-27-37-36-18-8-11-21-41(36)55(42(37)29-34)35-16-4-3-5-17-35/h3-30H,1-2H3. The van der Waals surface area contributed by atoms with E-state index in [1.165, 1.54) is 37.7 Å². The highest BCUT2D eigenvalue weighted by Gasteiger charge is 2.40. The van der Waals surface area contributed by atoms with E-state index in [9.17, 15) is 0 Å². The van der Waals surface area contributed by atoms with Gasteiger partial charge in [-0.1, -0.05) is 140 Å². The van der Waals surface area contributed by atoms with Gasteiger partial charge in [-0.15, -0.1) is 0 Å². The number of furan rings is 1. The Morgan fingerprint density at radius 2 is 1.12 bits per heavy atom. The van der Waals surface area contributed by atoms with Gasteiger partial charge in [-0.25, -0.2) is 15.0 Å². The van der Waals surface area contributed by atoms with Gasteiger partial charge in [0.25, 0.3) is 0 Å². The molecule has 268 valence electrons. The third kappa shape index (κ3) is 4.71. The molecule has 0 saturated heterocycles. The molecule has 3 aromatic heterocycles. The second-order valence-corrected chi connectivity index (χ2v) is 19.9. The zero-order valence-corrected chi connectivity index (χ0v) is 32.4. The van der Waals surface area contributed by atoms with Crippen LogP contribution in [0.2, 0.25) is 13.1 Å². The molecular formula is C51H34N4OSi. The molecule has 5 nitrogen and oxygen atoms in total. The first-order valence-electron chi connectivity index (χ1n) is 19.4. The molecule has 0 fully saturated rings. The summed E-state index contributed by atoms with van der Waals surface area (Å²) in [6.45, 7) is 4.88. The first-order chi connectivity index (χ1) is 28.0. The number of benzene rings is 8. The number of aromatic nitrogens is 4. The minimum atomic E-state index is -2.12. The highest BCUT2D eigenvalue weighted by Crippen LogP contribution is 2.44. The van der Waals surface area contributed by atoms with Crippen molar-refractivity contribution in [1.29, 1.82) is 0 Å². The van der Waals surface area contributed by atoms with Crippen molar-refractivity contribution >= 4 is 73.0 Å². The van der Waals surface area contributed by atoms with E-state index in [1.807, 2.05) is 6.07 Å². The van der Waals surface area contributed by atoms with Crippen LogP contribution in [0.1, 0.15) is 0 Å². The zero-order valence-electron chi connectivity index (χ0n) is 31.4. The van der Waals surface area contributed by atoms with Crippen LogP contribution in [0.5, 0.6) is 0 Å². The molecule has 4 heterocycles. The van der Waals surface area contributed by atoms with E-state index < -0.39 is 8.07 Å². The zero-order chi connectivity index (χ0) is 37.8. The molecule has 6 heteroatoms. The summed E-state index contributed by atoms with van der Waals surface area (Å²) in [4.78, 5) is 16.1. The summed E-state index contributed by atoms with van der Waals surface area (Å²) < 4.78 is 9.21. The third-order valence-corrected chi connectivity index (χ3v) is 15.5. The maximum absolute atomic E-state index is 6.87. The molecule has 1 aliphatic rings. The summed E-state index contributed by atoms with van der Waals surface area (Å²) in [5.41, 5.74) is 10.4. The largest absolute Gasteiger partial charge is 0.455 e. The minimum absolute atomic E-state index is 0.621. The van der Waals surface area contributed by atoms with Gasteiger partial charge in [0.15, 0.2) is 17.5 Å². The monoisotopic (exact) mass is 746 g/mol. The molecule has 11 aromatic rings. The van der Waals surface area contributed by atoms with Crippen molar-refractivity contribution in [3.8, 4) is 51.0 Å². The fourth-order valence-corrected chi connectivity index (χ4v) is 12.3. The van der Waals surface area contributed by atoms with Crippen molar-refractivity contribution in [2.45, 2.75) is 13.1 Å². The van der Waals surface area contributed by atoms with Gasteiger partial charge >= 0.3 is 0 Å². The van der Waals surface area contributed by atoms with Crippen molar-refractivity contribution < 1.29 is 4.42 Å². The maximum Gasteiger partial charge on any atom is 0.164 e. The Morgan fingerprint density at radius 1 is 0.474 bits per heavy atom. The van der Waals surface area contributed by atoms with Crippen LogP contribution in [0.3, 0.4) is 0 Å². The van der Waals surface area contributed by atoms with Crippen LogP contribution in [0.4, 0.5) is 0 Å². The quantitative estimate of drug-likeness (QED) is 0.168. The van der Waals surface area contributed by atoms with Gasteiger partial charge in [-0.3, -0.25) is 0 Å². The molecule has 57 heavy (non-hydrogen) atoms.